The molecule has 0 amide bonds. The fourth-order valence-corrected chi connectivity index (χ4v) is 0.0280. The highest BCUT2D eigenvalue weighted by Crippen LogP contribution is 1.42. The Morgan fingerprint density at radius 3 is 3.40 bits per heavy atom. The van der Waals surface area contributed by atoms with E-state index in [4.69, 9.17) is 14.7 Å². The lowest BCUT2D eigenvalue weighted by atomic mass is 10.7. The molecule has 0 bridgehead atoms. The van der Waals surface area contributed by atoms with Crippen LogP contribution in [0.15, 0.2) is 0 Å². The Morgan fingerprint density at radius 2 is 3.20 bits per heavy atom. The van der Waals surface area contributed by atoms with Gasteiger partial charge in [0.2, 0.25) is 0 Å². The third-order valence-corrected chi connectivity index (χ3v) is 0.118. The van der Waals surface area contributed by atoms with E-state index in [-0.39, 0.29) is 0 Å². The van der Waals surface area contributed by atoms with E-state index in [2.05, 4.69) is 0 Å². The minimum absolute atomic E-state index is 1.34. The first-order valence-electron chi connectivity index (χ1n) is 4.47. The summed E-state index contributed by atoms with van der Waals surface area (Å²) in [4.78, 5) is 0. The van der Waals surface area contributed by atoms with Gasteiger partial charge in [0, 0.05) is 13.4 Å². The molecule has 0 aliphatic heterocycles. The number of rotatable bonds is 2. The molecule has 0 atom stereocenters. The zero-order valence-corrected chi connectivity index (χ0v) is 2.45. The molecule has 0 radical (unpaired) electrons. The Morgan fingerprint density at radius 1 is 2.40 bits per heavy atom. The standard InChI is InChI=1S/C3H9NO/c1-4-2-3-5/h4-5H,2-3H2,1H3/i1D3,2D2,3D2. The minimum atomic E-state index is -3.23. The third kappa shape index (κ3) is 3.92. The van der Waals surface area contributed by atoms with Crippen LogP contribution in [0, 0.1) is 0 Å². The van der Waals surface area contributed by atoms with E-state index in [1.165, 1.54) is 5.32 Å². The number of hydrogen-bond acceptors (Lipinski definition) is 2. The Kier molecular flexibility index (Phi) is 0.497. The van der Waals surface area contributed by atoms with E-state index in [0.29, 0.717) is 0 Å². The van der Waals surface area contributed by atoms with Crippen molar-refractivity contribution >= 4 is 0 Å². The topological polar surface area (TPSA) is 32.3 Å². The minimum Gasteiger partial charge on any atom is -0.395 e. The van der Waals surface area contributed by atoms with Crippen LogP contribution < -0.4 is 5.32 Å². The lowest BCUT2D eigenvalue weighted by Gasteiger charge is -1.84. The van der Waals surface area contributed by atoms with Gasteiger partial charge in [0.05, 0.1) is 9.30 Å². The van der Waals surface area contributed by atoms with E-state index in [9.17, 15) is 0 Å². The highest BCUT2D eigenvalue weighted by molar-refractivity contribution is 4.27. The molecule has 2 heteroatoms. The van der Waals surface area contributed by atoms with E-state index in [1.54, 1.807) is 0 Å². The summed E-state index contributed by atoms with van der Waals surface area (Å²) in [6.45, 7) is -9.07. The second kappa shape index (κ2) is 3.92. The third-order valence-electron chi connectivity index (χ3n) is 0.118. The quantitative estimate of drug-likeness (QED) is 0.457. The van der Waals surface area contributed by atoms with Gasteiger partial charge in [-0.3, -0.25) is 0 Å². The van der Waals surface area contributed by atoms with Gasteiger partial charge >= 0.3 is 0 Å². The summed E-state index contributed by atoms with van der Waals surface area (Å²) in [5, 5.41) is 9.90. The molecule has 0 aliphatic rings. The average Bonchev–Trinajstić information content (AvgIpc) is 1.52. The molecule has 2 nitrogen and oxygen atoms in total. The molecule has 0 aromatic heterocycles. The van der Waals surface area contributed by atoms with Gasteiger partial charge in [-0.2, -0.15) is 0 Å². The number of likely N-dealkylation sites (N-methyl/N-ethyl adjacent to an activating group) is 1. The average molecular weight is 82.2 g/mol. The van der Waals surface area contributed by atoms with Crippen molar-refractivity contribution in [3.05, 3.63) is 0 Å². The SMILES string of the molecule is [2H]C([2H])([2H])NC([2H])([2H])C([2H])([2H])O. The molecule has 0 heterocycles. The molecule has 0 rings (SSSR count). The van der Waals surface area contributed by atoms with Crippen LogP contribution in [0.25, 0.3) is 0 Å². The highest BCUT2D eigenvalue weighted by Gasteiger charge is 1.65. The molecule has 0 fully saturated rings. The van der Waals surface area contributed by atoms with Crippen molar-refractivity contribution in [3.8, 4) is 0 Å². The first-order valence-corrected chi connectivity index (χ1v) is 0.974. The van der Waals surface area contributed by atoms with Gasteiger partial charge in [0.15, 0.2) is 0 Å². The van der Waals surface area contributed by atoms with Crippen LogP contribution in [-0.2, 0) is 0 Å². The maximum absolute atomic E-state index is 8.55. The highest BCUT2D eigenvalue weighted by atomic mass is 16.3. The Balaban J connectivity index is 4.44. The first-order chi connectivity index (χ1) is 4.96. The lowest BCUT2D eigenvalue weighted by Crippen LogP contribution is -2.10. The molecule has 5 heavy (non-hydrogen) atoms. The predicted molar refractivity (Wildman–Crippen MR) is 21.0 cm³/mol. The molecular weight excluding hydrogens is 66.0 g/mol. The Bertz CT molecular complexity index is 157. The van der Waals surface area contributed by atoms with Crippen LogP contribution in [0.5, 0.6) is 0 Å². The Hall–Kier alpha value is -0.0800. The van der Waals surface area contributed by atoms with Crippen molar-refractivity contribution in [1.29, 1.82) is 0 Å². The normalized spacial score (nSPS) is 37.4. The maximum Gasteiger partial charge on any atom is 0.0577 e. The molecule has 0 saturated carbocycles. The molecular formula is C3H9NO. The van der Waals surface area contributed by atoms with Crippen molar-refractivity contribution < 1.29 is 14.7 Å². The number of hydrogen-bond donors (Lipinski definition) is 2. The fourth-order valence-electron chi connectivity index (χ4n) is 0.0280. The zero-order chi connectivity index (χ0) is 10.2. The maximum atomic E-state index is 8.55. The van der Waals surface area contributed by atoms with Crippen LogP contribution in [0.3, 0.4) is 0 Å². The van der Waals surface area contributed by atoms with Crippen LogP contribution in [0.4, 0.5) is 0 Å². The number of nitrogens with one attached hydrogen (secondary N) is 1. The van der Waals surface area contributed by atoms with E-state index in [1.807, 2.05) is 0 Å². The zero-order valence-electron chi connectivity index (χ0n) is 9.45. The summed E-state index contributed by atoms with van der Waals surface area (Å²) < 4.78 is 46.4. The van der Waals surface area contributed by atoms with Gasteiger partial charge in [0.25, 0.3) is 0 Å². The second-order valence-corrected chi connectivity index (χ2v) is 0.362. The van der Waals surface area contributed by atoms with Crippen molar-refractivity contribution in [2.45, 2.75) is 0 Å². The smallest absolute Gasteiger partial charge is 0.0577 e. The molecule has 0 aliphatic carbocycles. The fraction of sp³-hybridized carbons (Fsp3) is 1.00. The first kappa shape index (κ1) is 0.634. The van der Waals surface area contributed by atoms with Crippen LogP contribution in [0.1, 0.15) is 9.60 Å². The van der Waals surface area contributed by atoms with Crippen molar-refractivity contribution in [3.63, 3.8) is 0 Å². The molecule has 2 N–H and O–H groups in total. The largest absolute Gasteiger partial charge is 0.395 e. The molecule has 0 saturated heterocycles. The summed E-state index contributed by atoms with van der Waals surface area (Å²) in [6, 6.07) is 0. The van der Waals surface area contributed by atoms with Crippen LogP contribution >= 0.6 is 0 Å². The van der Waals surface area contributed by atoms with Crippen molar-refractivity contribution in [2.24, 2.45) is 0 Å². The van der Waals surface area contributed by atoms with Gasteiger partial charge in [-0.05, 0) is 6.98 Å². The van der Waals surface area contributed by atoms with Gasteiger partial charge < -0.3 is 10.4 Å². The van der Waals surface area contributed by atoms with Gasteiger partial charge in [-0.15, -0.1) is 0 Å². The summed E-state index contributed by atoms with van der Waals surface area (Å²) >= 11 is 0. The summed E-state index contributed by atoms with van der Waals surface area (Å²) in [5.41, 5.74) is 0. The summed E-state index contributed by atoms with van der Waals surface area (Å²) in [7, 11) is 0. The van der Waals surface area contributed by atoms with Crippen LogP contribution in [-0.4, -0.2) is 25.1 Å². The van der Waals surface area contributed by atoms with Gasteiger partial charge in [-0.25, -0.2) is 0 Å². The molecule has 0 unspecified atom stereocenters. The van der Waals surface area contributed by atoms with E-state index in [0.717, 1.165) is 0 Å². The molecule has 0 aromatic carbocycles. The van der Waals surface area contributed by atoms with E-state index < -0.39 is 20.0 Å². The second-order valence-electron chi connectivity index (χ2n) is 0.362. The number of aliphatic hydroxyl groups is 1. The lowest BCUT2D eigenvalue weighted by molar-refractivity contribution is 0.296. The molecule has 32 valence electrons. The Labute approximate surface area is 41.6 Å². The monoisotopic (exact) mass is 82.1 g/mol. The van der Waals surface area contributed by atoms with Gasteiger partial charge in [-0.1, -0.05) is 0 Å². The molecule has 0 spiro atoms. The molecule has 0 aromatic rings. The van der Waals surface area contributed by atoms with Crippen molar-refractivity contribution in [1.82, 2.24) is 5.32 Å². The van der Waals surface area contributed by atoms with E-state index >= 15 is 0 Å². The van der Waals surface area contributed by atoms with Crippen molar-refractivity contribution in [2.75, 3.05) is 20.0 Å². The summed E-state index contributed by atoms with van der Waals surface area (Å²) in [6.07, 6.45) is 0. The van der Waals surface area contributed by atoms with Gasteiger partial charge in [0.1, 0.15) is 0 Å². The predicted octanol–water partition coefficient (Wildman–Crippen LogP) is -0.802. The van der Waals surface area contributed by atoms with Crippen LogP contribution in [0.2, 0.25) is 0 Å². The summed E-state index contributed by atoms with van der Waals surface area (Å²) in [5.74, 6) is 0.